The summed E-state index contributed by atoms with van der Waals surface area (Å²) < 4.78 is 0. The molecule has 1 N–H and O–H groups in total. The van der Waals surface area contributed by atoms with Gasteiger partial charge in [-0.05, 0) is 12.1 Å². The van der Waals surface area contributed by atoms with Crippen LogP contribution in [-0.2, 0) is 0 Å². The summed E-state index contributed by atoms with van der Waals surface area (Å²) in [5, 5.41) is 8.84. The second kappa shape index (κ2) is 5.09. The van der Waals surface area contributed by atoms with E-state index in [-0.39, 0.29) is 6.61 Å². The Labute approximate surface area is 90.1 Å². The zero-order valence-electron chi connectivity index (χ0n) is 8.84. The van der Waals surface area contributed by atoms with Gasteiger partial charge >= 0.3 is 0 Å². The SMILES string of the molecule is OCCN1CCN(c2ccncc2)CC1. The number of nitrogens with zero attached hydrogens (tertiary/aromatic N) is 3. The normalized spacial score (nSPS) is 18.1. The fourth-order valence-corrected chi connectivity index (χ4v) is 1.93. The summed E-state index contributed by atoms with van der Waals surface area (Å²) >= 11 is 0. The van der Waals surface area contributed by atoms with Crippen molar-refractivity contribution >= 4 is 5.69 Å². The number of hydrogen-bond acceptors (Lipinski definition) is 4. The van der Waals surface area contributed by atoms with E-state index in [1.54, 1.807) is 0 Å². The quantitative estimate of drug-likeness (QED) is 0.768. The van der Waals surface area contributed by atoms with Crippen LogP contribution in [0.3, 0.4) is 0 Å². The van der Waals surface area contributed by atoms with Gasteiger partial charge in [-0.2, -0.15) is 0 Å². The Morgan fingerprint density at radius 2 is 1.80 bits per heavy atom. The highest BCUT2D eigenvalue weighted by molar-refractivity contribution is 5.44. The van der Waals surface area contributed by atoms with E-state index in [9.17, 15) is 0 Å². The summed E-state index contributed by atoms with van der Waals surface area (Å²) in [6.45, 7) is 5.18. The molecule has 0 spiro atoms. The number of piperazine rings is 1. The van der Waals surface area contributed by atoms with E-state index in [0.29, 0.717) is 0 Å². The van der Waals surface area contributed by atoms with Crippen molar-refractivity contribution in [1.29, 1.82) is 0 Å². The first-order chi connectivity index (χ1) is 7.40. The van der Waals surface area contributed by atoms with Gasteiger partial charge in [-0.15, -0.1) is 0 Å². The lowest BCUT2D eigenvalue weighted by molar-refractivity contribution is 0.189. The van der Waals surface area contributed by atoms with E-state index in [1.165, 1.54) is 5.69 Å². The lowest BCUT2D eigenvalue weighted by atomic mass is 10.2. The summed E-state index contributed by atoms with van der Waals surface area (Å²) in [5.41, 5.74) is 1.24. The molecule has 1 fully saturated rings. The highest BCUT2D eigenvalue weighted by Crippen LogP contribution is 2.14. The summed E-state index contributed by atoms with van der Waals surface area (Å²) in [6.07, 6.45) is 3.66. The van der Waals surface area contributed by atoms with Gasteiger partial charge < -0.3 is 10.0 Å². The van der Waals surface area contributed by atoms with Crippen LogP contribution in [-0.4, -0.2) is 54.3 Å². The molecule has 1 aromatic heterocycles. The van der Waals surface area contributed by atoms with E-state index in [4.69, 9.17) is 5.11 Å². The number of pyridine rings is 1. The van der Waals surface area contributed by atoms with E-state index < -0.39 is 0 Å². The Kier molecular flexibility index (Phi) is 3.53. The smallest absolute Gasteiger partial charge is 0.0558 e. The van der Waals surface area contributed by atoms with Crippen LogP contribution >= 0.6 is 0 Å². The molecular weight excluding hydrogens is 190 g/mol. The Balaban J connectivity index is 1.88. The second-order valence-corrected chi connectivity index (χ2v) is 3.76. The van der Waals surface area contributed by atoms with Gasteiger partial charge in [-0.3, -0.25) is 9.88 Å². The molecule has 2 heterocycles. The highest BCUT2D eigenvalue weighted by atomic mass is 16.3. The predicted octanol–water partition coefficient (Wildman–Crippen LogP) is 0.196. The number of rotatable bonds is 3. The van der Waals surface area contributed by atoms with Gasteiger partial charge in [-0.1, -0.05) is 0 Å². The van der Waals surface area contributed by atoms with Crippen molar-refractivity contribution in [2.45, 2.75) is 0 Å². The Morgan fingerprint density at radius 1 is 1.13 bits per heavy atom. The molecule has 0 unspecified atom stereocenters. The maximum Gasteiger partial charge on any atom is 0.0558 e. The molecule has 0 bridgehead atoms. The Hall–Kier alpha value is -1.13. The van der Waals surface area contributed by atoms with Crippen LogP contribution < -0.4 is 4.90 Å². The van der Waals surface area contributed by atoms with E-state index in [2.05, 4.69) is 14.8 Å². The first kappa shape index (κ1) is 10.4. The molecule has 0 aliphatic carbocycles. The average molecular weight is 207 g/mol. The molecule has 1 saturated heterocycles. The molecule has 82 valence electrons. The minimum absolute atomic E-state index is 0.259. The first-order valence-corrected chi connectivity index (χ1v) is 5.38. The minimum atomic E-state index is 0.259. The third kappa shape index (κ3) is 2.67. The highest BCUT2D eigenvalue weighted by Gasteiger charge is 2.15. The lowest BCUT2D eigenvalue weighted by Crippen LogP contribution is -2.47. The van der Waals surface area contributed by atoms with Crippen LogP contribution in [0, 0.1) is 0 Å². The summed E-state index contributed by atoms with van der Waals surface area (Å²) in [4.78, 5) is 8.66. The van der Waals surface area contributed by atoms with Crippen molar-refractivity contribution in [2.75, 3.05) is 44.2 Å². The molecule has 2 rings (SSSR count). The minimum Gasteiger partial charge on any atom is -0.395 e. The van der Waals surface area contributed by atoms with Gasteiger partial charge in [0, 0.05) is 50.8 Å². The molecule has 0 radical (unpaired) electrons. The van der Waals surface area contributed by atoms with Gasteiger partial charge in [0.25, 0.3) is 0 Å². The molecule has 0 aromatic carbocycles. The fraction of sp³-hybridized carbons (Fsp3) is 0.545. The van der Waals surface area contributed by atoms with Crippen LogP contribution in [0.2, 0.25) is 0 Å². The number of hydrogen-bond donors (Lipinski definition) is 1. The standard InChI is InChI=1S/C11H17N3O/c15-10-9-13-5-7-14(8-6-13)11-1-3-12-4-2-11/h1-4,15H,5-10H2. The number of aliphatic hydroxyl groups excluding tert-OH is 1. The molecule has 0 atom stereocenters. The average Bonchev–Trinajstić information content (AvgIpc) is 2.32. The monoisotopic (exact) mass is 207 g/mol. The molecule has 1 aliphatic heterocycles. The molecule has 1 aliphatic rings. The van der Waals surface area contributed by atoms with Crippen LogP contribution in [0.15, 0.2) is 24.5 Å². The number of anilines is 1. The molecule has 4 nitrogen and oxygen atoms in total. The van der Waals surface area contributed by atoms with E-state index in [1.807, 2.05) is 24.5 Å². The maximum absolute atomic E-state index is 8.84. The number of aliphatic hydroxyl groups is 1. The lowest BCUT2D eigenvalue weighted by Gasteiger charge is -2.35. The molecule has 0 saturated carbocycles. The van der Waals surface area contributed by atoms with Crippen LogP contribution in [0.5, 0.6) is 0 Å². The van der Waals surface area contributed by atoms with Crippen LogP contribution in [0.25, 0.3) is 0 Å². The first-order valence-electron chi connectivity index (χ1n) is 5.38. The van der Waals surface area contributed by atoms with E-state index in [0.717, 1.165) is 32.7 Å². The van der Waals surface area contributed by atoms with Crippen molar-refractivity contribution in [1.82, 2.24) is 9.88 Å². The van der Waals surface area contributed by atoms with E-state index >= 15 is 0 Å². The zero-order chi connectivity index (χ0) is 10.5. The second-order valence-electron chi connectivity index (χ2n) is 3.76. The van der Waals surface area contributed by atoms with Gasteiger partial charge in [0.15, 0.2) is 0 Å². The van der Waals surface area contributed by atoms with Gasteiger partial charge in [-0.25, -0.2) is 0 Å². The largest absolute Gasteiger partial charge is 0.395 e. The van der Waals surface area contributed by atoms with Crippen molar-refractivity contribution in [2.24, 2.45) is 0 Å². The third-order valence-corrected chi connectivity index (χ3v) is 2.82. The topological polar surface area (TPSA) is 39.6 Å². The summed E-state index contributed by atoms with van der Waals surface area (Å²) in [7, 11) is 0. The van der Waals surface area contributed by atoms with Crippen LogP contribution in [0.4, 0.5) is 5.69 Å². The summed E-state index contributed by atoms with van der Waals surface area (Å²) in [6, 6.07) is 4.09. The number of aromatic nitrogens is 1. The number of β-amino-alcohol motifs (C(OH)–C–C–N with tert-alkyl or cyclic N) is 1. The molecule has 15 heavy (non-hydrogen) atoms. The van der Waals surface area contributed by atoms with Crippen molar-refractivity contribution < 1.29 is 5.11 Å². The van der Waals surface area contributed by atoms with Crippen molar-refractivity contribution in [3.8, 4) is 0 Å². The Bertz CT molecular complexity index is 283. The zero-order valence-corrected chi connectivity index (χ0v) is 8.84. The molecule has 4 heteroatoms. The van der Waals surface area contributed by atoms with Gasteiger partial charge in [0.1, 0.15) is 0 Å². The van der Waals surface area contributed by atoms with Crippen molar-refractivity contribution in [3.63, 3.8) is 0 Å². The predicted molar refractivity (Wildman–Crippen MR) is 60.0 cm³/mol. The van der Waals surface area contributed by atoms with Gasteiger partial charge in [0.05, 0.1) is 6.61 Å². The molecule has 0 amide bonds. The summed E-state index contributed by atoms with van der Waals surface area (Å²) in [5.74, 6) is 0. The molecule has 1 aromatic rings. The van der Waals surface area contributed by atoms with Crippen molar-refractivity contribution in [3.05, 3.63) is 24.5 Å². The Morgan fingerprint density at radius 3 is 2.40 bits per heavy atom. The fourth-order valence-electron chi connectivity index (χ4n) is 1.93. The van der Waals surface area contributed by atoms with Gasteiger partial charge in [0.2, 0.25) is 0 Å². The maximum atomic E-state index is 8.84. The third-order valence-electron chi connectivity index (χ3n) is 2.82. The van der Waals surface area contributed by atoms with Crippen LogP contribution in [0.1, 0.15) is 0 Å². The molecular formula is C11H17N3O.